The molecule has 2 aliphatic heterocycles. The normalized spacial score (nSPS) is 35.2. The van der Waals surface area contributed by atoms with Gasteiger partial charge in [-0.1, -0.05) is 44.2 Å². The molecule has 0 saturated carbocycles. The van der Waals surface area contributed by atoms with Gasteiger partial charge < -0.3 is 10.0 Å². The average molecular weight is 473 g/mol. The number of rotatable bonds is 3. The highest BCUT2D eigenvalue weighted by molar-refractivity contribution is 5.80. The zero-order valence-corrected chi connectivity index (χ0v) is 21.0. The van der Waals surface area contributed by atoms with E-state index in [4.69, 9.17) is 0 Å². The molecule has 6 atom stereocenters. The van der Waals surface area contributed by atoms with Crippen molar-refractivity contribution in [3.05, 3.63) is 59.7 Å². The van der Waals surface area contributed by atoms with Crippen LogP contribution < -0.4 is 0 Å². The number of hydrogen-bond acceptors (Lipinski definition) is 3. The summed E-state index contributed by atoms with van der Waals surface area (Å²) >= 11 is 0. The number of allylic oxidation sites excluding steroid dienone is 4. The lowest BCUT2D eigenvalue weighted by Gasteiger charge is -2.49. The zero-order valence-electron chi connectivity index (χ0n) is 21.0. The van der Waals surface area contributed by atoms with Crippen LogP contribution in [0.15, 0.2) is 54.1 Å². The number of benzene rings is 1. The Morgan fingerprint density at radius 1 is 1.03 bits per heavy atom. The van der Waals surface area contributed by atoms with Crippen molar-refractivity contribution in [3.63, 3.8) is 0 Å². The molecule has 1 N–H and O–H groups in total. The SMILES string of the molecule is C[C@@H]1CN(C(=O)[C@H]2CN(C(C)(C)C)C[C@H]2C2CC=C(F)C=C2F)C[C@H](C)[C@@]1(O)c1ccccc1. The van der Waals surface area contributed by atoms with Crippen LogP contribution in [-0.4, -0.2) is 52.5 Å². The minimum atomic E-state index is -1.01. The molecule has 1 unspecified atom stereocenters. The van der Waals surface area contributed by atoms with Crippen molar-refractivity contribution in [1.82, 2.24) is 9.80 Å². The maximum Gasteiger partial charge on any atom is 0.227 e. The Kier molecular flexibility index (Phi) is 6.78. The van der Waals surface area contributed by atoms with Crippen LogP contribution in [0.5, 0.6) is 0 Å². The molecule has 0 radical (unpaired) electrons. The summed E-state index contributed by atoms with van der Waals surface area (Å²) in [6, 6.07) is 9.69. The summed E-state index contributed by atoms with van der Waals surface area (Å²) in [7, 11) is 0. The molecule has 6 heteroatoms. The number of likely N-dealkylation sites (tertiary alicyclic amines) is 2. The molecule has 34 heavy (non-hydrogen) atoms. The van der Waals surface area contributed by atoms with Crippen LogP contribution in [0.2, 0.25) is 0 Å². The molecule has 1 aliphatic carbocycles. The molecule has 186 valence electrons. The van der Waals surface area contributed by atoms with E-state index in [1.807, 2.05) is 49.1 Å². The van der Waals surface area contributed by atoms with Gasteiger partial charge in [-0.25, -0.2) is 8.78 Å². The molecule has 0 aromatic heterocycles. The lowest BCUT2D eigenvalue weighted by Crippen LogP contribution is -2.57. The first-order valence-corrected chi connectivity index (χ1v) is 12.5. The first-order valence-electron chi connectivity index (χ1n) is 12.5. The molecule has 4 nitrogen and oxygen atoms in total. The van der Waals surface area contributed by atoms with Crippen molar-refractivity contribution in [3.8, 4) is 0 Å². The third kappa shape index (κ3) is 4.47. The quantitative estimate of drug-likeness (QED) is 0.669. The highest BCUT2D eigenvalue weighted by Gasteiger charge is 2.51. The van der Waals surface area contributed by atoms with Crippen LogP contribution in [-0.2, 0) is 10.4 Å². The first kappa shape index (κ1) is 25.1. The number of amides is 1. The average Bonchev–Trinajstić information content (AvgIpc) is 3.23. The van der Waals surface area contributed by atoms with Crippen molar-refractivity contribution in [2.45, 2.75) is 52.2 Å². The largest absolute Gasteiger partial charge is 0.384 e. The van der Waals surface area contributed by atoms with Gasteiger partial charge in [-0.15, -0.1) is 0 Å². The zero-order chi connectivity index (χ0) is 24.8. The minimum absolute atomic E-state index is 0.0217. The third-order valence-electron chi connectivity index (χ3n) is 8.38. The molecule has 1 amide bonds. The van der Waals surface area contributed by atoms with E-state index < -0.39 is 23.2 Å². The molecule has 2 fully saturated rings. The standard InChI is InChI=1S/C28H38F2N2O2/c1-18-14-31(15-19(2)28(18,34)20-9-7-6-8-10-20)26(33)24-17-32(27(3,4)5)16-23(24)22-12-11-21(29)13-25(22)30/h6-11,13,18-19,22-24,34H,12,14-17H2,1-5H3/t18-,19+,22?,23-,24-,28-/m0/s1. The summed E-state index contributed by atoms with van der Waals surface area (Å²) in [6.45, 7) is 12.4. The van der Waals surface area contributed by atoms with Crippen LogP contribution in [0.25, 0.3) is 0 Å². The molecule has 3 aliphatic rings. The molecule has 2 saturated heterocycles. The van der Waals surface area contributed by atoms with Gasteiger partial charge in [-0.05, 0) is 44.7 Å². The van der Waals surface area contributed by atoms with Crippen molar-refractivity contribution in [1.29, 1.82) is 0 Å². The number of aliphatic hydroxyl groups is 1. The molecule has 2 heterocycles. The fourth-order valence-electron chi connectivity index (χ4n) is 6.26. The van der Waals surface area contributed by atoms with E-state index in [1.54, 1.807) is 0 Å². The van der Waals surface area contributed by atoms with Crippen LogP contribution in [0.4, 0.5) is 8.78 Å². The highest BCUT2D eigenvalue weighted by Crippen LogP contribution is 2.45. The lowest BCUT2D eigenvalue weighted by atomic mass is 9.70. The minimum Gasteiger partial charge on any atom is -0.384 e. The maximum absolute atomic E-state index is 14.9. The van der Waals surface area contributed by atoms with E-state index in [9.17, 15) is 18.7 Å². The monoisotopic (exact) mass is 472 g/mol. The molecular weight excluding hydrogens is 434 g/mol. The Morgan fingerprint density at radius 3 is 2.21 bits per heavy atom. The predicted octanol–water partition coefficient (Wildman–Crippen LogP) is 5.06. The third-order valence-corrected chi connectivity index (χ3v) is 8.38. The van der Waals surface area contributed by atoms with Crippen LogP contribution >= 0.6 is 0 Å². The number of piperidine rings is 1. The number of carbonyl (C=O) groups excluding carboxylic acids is 1. The Balaban J connectivity index is 1.57. The number of carbonyl (C=O) groups is 1. The molecular formula is C28H38F2N2O2. The molecule has 0 spiro atoms. The topological polar surface area (TPSA) is 43.8 Å². The highest BCUT2D eigenvalue weighted by atomic mass is 19.1. The van der Waals surface area contributed by atoms with Crippen LogP contribution in [0, 0.1) is 29.6 Å². The molecule has 4 rings (SSSR count). The summed E-state index contributed by atoms with van der Waals surface area (Å²) in [5, 5.41) is 11.7. The number of hydrogen-bond donors (Lipinski definition) is 1. The Hall–Kier alpha value is -2.05. The predicted molar refractivity (Wildman–Crippen MR) is 130 cm³/mol. The molecule has 0 bridgehead atoms. The van der Waals surface area contributed by atoms with Gasteiger partial charge in [0.15, 0.2) is 0 Å². The molecule has 1 aromatic carbocycles. The maximum atomic E-state index is 14.9. The van der Waals surface area contributed by atoms with E-state index in [2.05, 4.69) is 25.7 Å². The van der Waals surface area contributed by atoms with Gasteiger partial charge in [-0.3, -0.25) is 9.69 Å². The van der Waals surface area contributed by atoms with Gasteiger partial charge in [0, 0.05) is 55.5 Å². The van der Waals surface area contributed by atoms with Crippen molar-refractivity contribution < 1.29 is 18.7 Å². The summed E-state index contributed by atoms with van der Waals surface area (Å²) in [4.78, 5) is 18.0. The van der Waals surface area contributed by atoms with E-state index in [1.165, 1.54) is 6.08 Å². The van der Waals surface area contributed by atoms with Gasteiger partial charge in [-0.2, -0.15) is 0 Å². The van der Waals surface area contributed by atoms with Gasteiger partial charge >= 0.3 is 0 Å². The summed E-state index contributed by atoms with van der Waals surface area (Å²) in [5.74, 6) is -2.34. The second-order valence-electron chi connectivity index (χ2n) is 11.5. The molecule has 1 aromatic rings. The van der Waals surface area contributed by atoms with Gasteiger partial charge in [0.05, 0.1) is 11.5 Å². The summed E-state index contributed by atoms with van der Waals surface area (Å²) in [6.07, 6.45) is 2.68. The van der Waals surface area contributed by atoms with E-state index in [-0.39, 0.29) is 41.5 Å². The Labute approximate surface area is 202 Å². The van der Waals surface area contributed by atoms with E-state index in [0.29, 0.717) is 26.2 Å². The fraction of sp³-hybridized carbons (Fsp3) is 0.607. The lowest BCUT2D eigenvalue weighted by molar-refractivity contribution is -0.153. The fourth-order valence-corrected chi connectivity index (χ4v) is 6.26. The van der Waals surface area contributed by atoms with E-state index >= 15 is 0 Å². The summed E-state index contributed by atoms with van der Waals surface area (Å²) in [5.41, 5.74) is -0.285. The van der Waals surface area contributed by atoms with Gasteiger partial charge in [0.1, 0.15) is 11.7 Å². The van der Waals surface area contributed by atoms with Crippen molar-refractivity contribution in [2.75, 3.05) is 26.2 Å². The Morgan fingerprint density at radius 2 is 1.65 bits per heavy atom. The van der Waals surface area contributed by atoms with Crippen LogP contribution in [0.1, 0.15) is 46.6 Å². The van der Waals surface area contributed by atoms with Crippen molar-refractivity contribution >= 4 is 5.91 Å². The Bertz CT molecular complexity index is 956. The van der Waals surface area contributed by atoms with Gasteiger partial charge in [0.2, 0.25) is 5.91 Å². The van der Waals surface area contributed by atoms with E-state index in [0.717, 1.165) is 11.6 Å². The number of halogens is 2. The number of nitrogens with zero attached hydrogens (tertiary/aromatic N) is 2. The summed E-state index contributed by atoms with van der Waals surface area (Å²) < 4.78 is 28.5. The smallest absolute Gasteiger partial charge is 0.227 e. The second-order valence-corrected chi connectivity index (χ2v) is 11.5. The first-order chi connectivity index (χ1) is 15.9. The van der Waals surface area contributed by atoms with Gasteiger partial charge in [0.25, 0.3) is 0 Å². The second kappa shape index (κ2) is 9.19. The van der Waals surface area contributed by atoms with Crippen molar-refractivity contribution in [2.24, 2.45) is 29.6 Å². The van der Waals surface area contributed by atoms with Crippen LogP contribution in [0.3, 0.4) is 0 Å².